The van der Waals surface area contributed by atoms with Crippen molar-refractivity contribution in [2.24, 2.45) is 0 Å². The maximum Gasteiger partial charge on any atom is 0.226 e. The van der Waals surface area contributed by atoms with Crippen LogP contribution in [-0.4, -0.2) is 9.97 Å². The molecule has 0 saturated heterocycles. The summed E-state index contributed by atoms with van der Waals surface area (Å²) in [5, 5.41) is 0.419. The number of aromatic nitrogens is 2. The van der Waals surface area contributed by atoms with Gasteiger partial charge in [0, 0.05) is 10.0 Å². The molecule has 0 saturated carbocycles. The molecule has 0 bridgehead atoms. The molecule has 3 nitrogen and oxygen atoms in total. The van der Waals surface area contributed by atoms with Gasteiger partial charge in [0.25, 0.3) is 0 Å². The maximum atomic E-state index is 5.98. The Bertz CT molecular complexity index is 560. The van der Waals surface area contributed by atoms with Crippen LogP contribution in [0.3, 0.4) is 0 Å². The number of hydrogen-bond acceptors (Lipinski definition) is 3. The van der Waals surface area contributed by atoms with E-state index in [1.165, 1.54) is 0 Å². The molecular formula is C12H10BrClN2O. The minimum Gasteiger partial charge on any atom is -0.439 e. The molecule has 17 heavy (non-hydrogen) atoms. The first-order valence-electron chi connectivity index (χ1n) is 5.00. The van der Waals surface area contributed by atoms with Crippen LogP contribution < -0.4 is 4.74 Å². The van der Waals surface area contributed by atoms with Gasteiger partial charge in [-0.3, -0.25) is 0 Å². The van der Waals surface area contributed by atoms with Crippen molar-refractivity contribution in [1.29, 1.82) is 0 Å². The molecular weight excluding hydrogens is 304 g/mol. The van der Waals surface area contributed by atoms with Gasteiger partial charge in [0.2, 0.25) is 5.88 Å². The van der Waals surface area contributed by atoms with Crippen molar-refractivity contribution in [3.63, 3.8) is 0 Å². The Balaban J connectivity index is 2.36. The van der Waals surface area contributed by atoms with Gasteiger partial charge >= 0.3 is 0 Å². The van der Waals surface area contributed by atoms with Crippen LogP contribution in [-0.2, 0) is 0 Å². The molecule has 0 atom stereocenters. The zero-order valence-electron chi connectivity index (χ0n) is 9.37. The average Bonchev–Trinajstić information content (AvgIpc) is 2.25. The fourth-order valence-electron chi connectivity index (χ4n) is 1.31. The Morgan fingerprint density at radius 2 is 2.00 bits per heavy atom. The molecule has 0 spiro atoms. The second-order valence-electron chi connectivity index (χ2n) is 3.55. The van der Waals surface area contributed by atoms with Crippen molar-refractivity contribution in [2.45, 2.75) is 13.8 Å². The number of benzene rings is 1. The second kappa shape index (κ2) is 5.02. The Kier molecular flexibility index (Phi) is 3.64. The molecule has 88 valence electrons. The first-order chi connectivity index (χ1) is 8.06. The Morgan fingerprint density at radius 1 is 1.24 bits per heavy atom. The predicted octanol–water partition coefficient (Wildman–Crippen LogP) is 4.30. The van der Waals surface area contributed by atoms with Crippen LogP contribution in [0.25, 0.3) is 0 Å². The Labute approximate surface area is 113 Å². The lowest BCUT2D eigenvalue weighted by atomic mass is 10.3. The van der Waals surface area contributed by atoms with Gasteiger partial charge in [0.1, 0.15) is 16.7 Å². The number of ether oxygens (including phenoxy) is 1. The molecule has 1 aromatic heterocycles. The van der Waals surface area contributed by atoms with Gasteiger partial charge in [-0.2, -0.15) is 4.98 Å². The SMILES string of the molecule is Cc1nc(Cl)c(C)c(Oc2cccc(Br)c2)n1. The summed E-state index contributed by atoms with van der Waals surface area (Å²) >= 11 is 9.36. The average molecular weight is 314 g/mol. The molecule has 5 heteroatoms. The summed E-state index contributed by atoms with van der Waals surface area (Å²) in [4.78, 5) is 8.28. The molecule has 0 aliphatic rings. The van der Waals surface area contributed by atoms with E-state index in [1.54, 1.807) is 6.92 Å². The standard InChI is InChI=1S/C12H10BrClN2O/c1-7-11(14)15-8(2)16-12(7)17-10-5-3-4-9(13)6-10/h3-6H,1-2H3. The topological polar surface area (TPSA) is 35.0 Å². The molecule has 0 N–H and O–H groups in total. The molecule has 2 aromatic rings. The third-order valence-corrected chi connectivity index (χ3v) is 3.03. The molecule has 0 radical (unpaired) electrons. The number of nitrogens with zero attached hydrogens (tertiary/aromatic N) is 2. The van der Waals surface area contributed by atoms with E-state index in [1.807, 2.05) is 31.2 Å². The number of hydrogen-bond donors (Lipinski definition) is 0. The summed E-state index contributed by atoms with van der Waals surface area (Å²) in [5.74, 6) is 1.78. The van der Waals surface area contributed by atoms with Gasteiger partial charge in [-0.25, -0.2) is 4.98 Å². The highest BCUT2D eigenvalue weighted by Gasteiger charge is 2.09. The molecule has 1 aromatic carbocycles. The zero-order valence-corrected chi connectivity index (χ0v) is 11.7. The largest absolute Gasteiger partial charge is 0.439 e. The fourth-order valence-corrected chi connectivity index (χ4v) is 1.89. The quantitative estimate of drug-likeness (QED) is 0.775. The van der Waals surface area contributed by atoms with Crippen molar-refractivity contribution in [2.75, 3.05) is 0 Å². The summed E-state index contributed by atoms with van der Waals surface area (Å²) in [6.07, 6.45) is 0. The highest BCUT2D eigenvalue weighted by molar-refractivity contribution is 9.10. The van der Waals surface area contributed by atoms with E-state index in [4.69, 9.17) is 16.3 Å². The summed E-state index contributed by atoms with van der Waals surface area (Å²) in [7, 11) is 0. The molecule has 0 aliphatic carbocycles. The normalized spacial score (nSPS) is 10.4. The summed E-state index contributed by atoms with van der Waals surface area (Å²) in [6, 6.07) is 7.54. The van der Waals surface area contributed by atoms with Crippen molar-refractivity contribution in [1.82, 2.24) is 9.97 Å². The zero-order chi connectivity index (χ0) is 12.4. The third-order valence-electron chi connectivity index (χ3n) is 2.16. The van der Waals surface area contributed by atoms with E-state index in [2.05, 4.69) is 25.9 Å². The first-order valence-corrected chi connectivity index (χ1v) is 6.17. The van der Waals surface area contributed by atoms with E-state index in [0.29, 0.717) is 22.6 Å². The summed E-state index contributed by atoms with van der Waals surface area (Å²) < 4.78 is 6.63. The van der Waals surface area contributed by atoms with E-state index in [0.717, 1.165) is 10.0 Å². The molecule has 0 amide bonds. The van der Waals surface area contributed by atoms with Crippen molar-refractivity contribution in [3.8, 4) is 11.6 Å². The Morgan fingerprint density at radius 3 is 2.71 bits per heavy atom. The lowest BCUT2D eigenvalue weighted by Crippen LogP contribution is -1.97. The molecule has 0 fully saturated rings. The monoisotopic (exact) mass is 312 g/mol. The summed E-state index contributed by atoms with van der Waals surface area (Å²) in [6.45, 7) is 3.61. The number of aryl methyl sites for hydroxylation is 1. The second-order valence-corrected chi connectivity index (χ2v) is 4.82. The molecule has 0 aliphatic heterocycles. The van der Waals surface area contributed by atoms with Gasteiger partial charge in [0.15, 0.2) is 0 Å². The van der Waals surface area contributed by atoms with Crippen LogP contribution in [0.15, 0.2) is 28.7 Å². The predicted molar refractivity (Wildman–Crippen MR) is 70.7 cm³/mol. The van der Waals surface area contributed by atoms with Crippen LogP contribution in [0.1, 0.15) is 11.4 Å². The van der Waals surface area contributed by atoms with E-state index < -0.39 is 0 Å². The molecule has 0 unspecified atom stereocenters. The van der Waals surface area contributed by atoms with Gasteiger partial charge in [-0.15, -0.1) is 0 Å². The number of rotatable bonds is 2. The highest BCUT2D eigenvalue weighted by atomic mass is 79.9. The van der Waals surface area contributed by atoms with Crippen LogP contribution in [0.4, 0.5) is 0 Å². The van der Waals surface area contributed by atoms with E-state index in [9.17, 15) is 0 Å². The van der Waals surface area contributed by atoms with Gasteiger partial charge in [-0.1, -0.05) is 33.6 Å². The van der Waals surface area contributed by atoms with Gasteiger partial charge in [0.05, 0.1) is 0 Å². The highest BCUT2D eigenvalue weighted by Crippen LogP contribution is 2.28. The smallest absolute Gasteiger partial charge is 0.226 e. The van der Waals surface area contributed by atoms with Gasteiger partial charge < -0.3 is 4.74 Å². The van der Waals surface area contributed by atoms with E-state index in [-0.39, 0.29) is 0 Å². The fraction of sp³-hybridized carbons (Fsp3) is 0.167. The van der Waals surface area contributed by atoms with Gasteiger partial charge in [-0.05, 0) is 32.0 Å². The molecule has 2 rings (SSSR count). The van der Waals surface area contributed by atoms with Crippen LogP contribution in [0.2, 0.25) is 5.15 Å². The van der Waals surface area contributed by atoms with E-state index >= 15 is 0 Å². The minimum atomic E-state index is 0.419. The number of halogens is 2. The lowest BCUT2D eigenvalue weighted by Gasteiger charge is -2.09. The maximum absolute atomic E-state index is 5.98. The van der Waals surface area contributed by atoms with Crippen molar-refractivity contribution in [3.05, 3.63) is 45.3 Å². The van der Waals surface area contributed by atoms with Crippen molar-refractivity contribution >= 4 is 27.5 Å². The van der Waals surface area contributed by atoms with Crippen LogP contribution in [0.5, 0.6) is 11.6 Å². The van der Waals surface area contributed by atoms with Crippen LogP contribution in [0, 0.1) is 13.8 Å². The van der Waals surface area contributed by atoms with Crippen molar-refractivity contribution < 1.29 is 4.74 Å². The lowest BCUT2D eigenvalue weighted by molar-refractivity contribution is 0.455. The Hall–Kier alpha value is -1.13. The summed E-state index contributed by atoms with van der Waals surface area (Å²) in [5.41, 5.74) is 0.734. The first kappa shape index (κ1) is 12.3. The minimum absolute atomic E-state index is 0.419. The molecule has 1 heterocycles. The third kappa shape index (κ3) is 2.96. The van der Waals surface area contributed by atoms with Crippen LogP contribution >= 0.6 is 27.5 Å².